The van der Waals surface area contributed by atoms with Gasteiger partial charge in [0.2, 0.25) is 5.89 Å². The summed E-state index contributed by atoms with van der Waals surface area (Å²) < 4.78 is 4.90. The van der Waals surface area contributed by atoms with Crippen molar-refractivity contribution in [3.63, 3.8) is 0 Å². The Morgan fingerprint density at radius 1 is 1.42 bits per heavy atom. The largest absolute Gasteiger partial charge is 0.389 e. The Bertz CT molecular complexity index is 583. The maximum absolute atomic E-state index is 5.73. The predicted octanol–water partition coefficient (Wildman–Crippen LogP) is 0.765. The summed E-state index contributed by atoms with van der Waals surface area (Å²) in [4.78, 5) is 4.23. The average molecular weight is 278 g/mol. The van der Waals surface area contributed by atoms with Gasteiger partial charge in [-0.25, -0.2) is 0 Å². The second-order valence-electron chi connectivity index (χ2n) is 4.01. The molecular weight excluding hydrogens is 264 g/mol. The van der Waals surface area contributed by atoms with Gasteiger partial charge >= 0.3 is 0 Å². The van der Waals surface area contributed by atoms with Crippen molar-refractivity contribution in [3.8, 4) is 0 Å². The molecule has 0 fully saturated rings. The topological polar surface area (TPSA) is 103 Å². The van der Waals surface area contributed by atoms with Gasteiger partial charge in [-0.2, -0.15) is 10.1 Å². The van der Waals surface area contributed by atoms with E-state index in [2.05, 4.69) is 25.7 Å². The van der Waals surface area contributed by atoms with Gasteiger partial charge in [-0.15, -0.1) is 5.10 Å². The molecule has 100 valence electrons. The molecule has 0 aromatic carbocycles. The standard InChI is InChI=1S/C11H14N6OS/c1-6-7(2)16-17-11(9(6)10(12)19)13-4-3-8-14-5-15-18-8/h5H,3-4H2,1-2H3,(H2,12,19)(H,13,17). The van der Waals surface area contributed by atoms with E-state index >= 15 is 0 Å². The van der Waals surface area contributed by atoms with Crippen LogP contribution >= 0.6 is 12.2 Å². The molecule has 2 aromatic heterocycles. The first-order valence-electron chi connectivity index (χ1n) is 5.72. The first kappa shape index (κ1) is 13.3. The number of rotatable bonds is 5. The van der Waals surface area contributed by atoms with Crippen LogP contribution in [-0.2, 0) is 6.42 Å². The molecule has 0 bridgehead atoms. The summed E-state index contributed by atoms with van der Waals surface area (Å²) in [6.07, 6.45) is 1.96. The van der Waals surface area contributed by atoms with Gasteiger partial charge in [-0.1, -0.05) is 17.4 Å². The van der Waals surface area contributed by atoms with Crippen LogP contribution in [-0.4, -0.2) is 31.9 Å². The van der Waals surface area contributed by atoms with Crippen LogP contribution in [0, 0.1) is 13.8 Å². The Kier molecular flexibility index (Phi) is 4.00. The third-order valence-electron chi connectivity index (χ3n) is 2.74. The summed E-state index contributed by atoms with van der Waals surface area (Å²) in [5, 5.41) is 14.8. The number of nitrogens with zero attached hydrogens (tertiary/aromatic N) is 4. The second-order valence-corrected chi connectivity index (χ2v) is 4.45. The lowest BCUT2D eigenvalue weighted by Gasteiger charge is -2.12. The van der Waals surface area contributed by atoms with Gasteiger partial charge in [0.1, 0.15) is 4.99 Å². The lowest BCUT2D eigenvalue weighted by molar-refractivity contribution is 0.379. The minimum absolute atomic E-state index is 0.302. The van der Waals surface area contributed by atoms with Crippen LogP contribution in [0.4, 0.5) is 5.82 Å². The fourth-order valence-electron chi connectivity index (χ4n) is 1.63. The normalized spacial score (nSPS) is 10.4. The summed E-state index contributed by atoms with van der Waals surface area (Å²) in [6, 6.07) is 0. The van der Waals surface area contributed by atoms with E-state index in [0.29, 0.717) is 29.7 Å². The first-order valence-corrected chi connectivity index (χ1v) is 6.13. The van der Waals surface area contributed by atoms with Crippen molar-refractivity contribution >= 4 is 23.0 Å². The third-order valence-corrected chi connectivity index (χ3v) is 2.94. The summed E-state index contributed by atoms with van der Waals surface area (Å²) in [6.45, 7) is 4.36. The number of hydrogen-bond donors (Lipinski definition) is 2. The molecule has 8 heteroatoms. The third kappa shape index (κ3) is 3.02. The van der Waals surface area contributed by atoms with Gasteiger partial charge in [0, 0.05) is 13.0 Å². The van der Waals surface area contributed by atoms with Crippen molar-refractivity contribution in [1.82, 2.24) is 20.3 Å². The van der Waals surface area contributed by atoms with Crippen LogP contribution in [0.25, 0.3) is 0 Å². The average Bonchev–Trinajstić information content (AvgIpc) is 2.86. The highest BCUT2D eigenvalue weighted by Crippen LogP contribution is 2.18. The summed E-state index contributed by atoms with van der Waals surface area (Å²) in [5.41, 5.74) is 8.21. The molecule has 0 amide bonds. The monoisotopic (exact) mass is 278 g/mol. The maximum atomic E-state index is 5.73. The van der Waals surface area contributed by atoms with Crippen molar-refractivity contribution in [2.75, 3.05) is 11.9 Å². The van der Waals surface area contributed by atoms with Crippen LogP contribution in [0.15, 0.2) is 10.9 Å². The zero-order valence-corrected chi connectivity index (χ0v) is 11.5. The lowest BCUT2D eigenvalue weighted by Crippen LogP contribution is -2.19. The molecule has 0 spiro atoms. The molecule has 3 N–H and O–H groups in total. The van der Waals surface area contributed by atoms with Gasteiger partial charge in [0.05, 0.1) is 11.3 Å². The van der Waals surface area contributed by atoms with E-state index in [1.165, 1.54) is 6.33 Å². The van der Waals surface area contributed by atoms with Crippen LogP contribution in [0.3, 0.4) is 0 Å². The number of anilines is 1. The molecule has 0 aliphatic rings. The number of aryl methyl sites for hydroxylation is 1. The number of hydrogen-bond acceptors (Lipinski definition) is 7. The highest BCUT2D eigenvalue weighted by molar-refractivity contribution is 7.80. The summed E-state index contributed by atoms with van der Waals surface area (Å²) >= 11 is 5.06. The predicted molar refractivity (Wildman–Crippen MR) is 73.9 cm³/mol. The zero-order valence-electron chi connectivity index (χ0n) is 10.7. The van der Waals surface area contributed by atoms with E-state index in [1.54, 1.807) is 0 Å². The molecule has 2 rings (SSSR count). The summed E-state index contributed by atoms with van der Waals surface area (Å²) in [5.74, 6) is 1.14. The molecule has 0 radical (unpaired) electrons. The molecule has 0 atom stereocenters. The Morgan fingerprint density at radius 2 is 2.21 bits per heavy atom. The Hall–Kier alpha value is -2.09. The quantitative estimate of drug-likeness (QED) is 0.773. The van der Waals surface area contributed by atoms with Crippen LogP contribution < -0.4 is 11.1 Å². The van der Waals surface area contributed by atoms with E-state index in [9.17, 15) is 0 Å². The molecule has 0 saturated carbocycles. The molecule has 7 nitrogen and oxygen atoms in total. The van der Waals surface area contributed by atoms with Crippen LogP contribution in [0.1, 0.15) is 22.7 Å². The highest BCUT2D eigenvalue weighted by atomic mass is 32.1. The van der Waals surface area contributed by atoms with Gasteiger partial charge in [-0.05, 0) is 19.4 Å². The van der Waals surface area contributed by atoms with Crippen molar-refractivity contribution in [2.24, 2.45) is 5.73 Å². The van der Waals surface area contributed by atoms with E-state index in [1.807, 2.05) is 13.8 Å². The molecule has 19 heavy (non-hydrogen) atoms. The zero-order chi connectivity index (χ0) is 13.8. The van der Waals surface area contributed by atoms with Crippen molar-refractivity contribution in [1.29, 1.82) is 0 Å². The number of nitrogens with two attached hydrogens (primary N) is 1. The summed E-state index contributed by atoms with van der Waals surface area (Å²) in [7, 11) is 0. The van der Waals surface area contributed by atoms with Gasteiger partial charge in [0.15, 0.2) is 12.1 Å². The Labute approximate surface area is 115 Å². The number of nitrogens with one attached hydrogen (secondary N) is 1. The lowest BCUT2D eigenvalue weighted by atomic mass is 10.1. The maximum Gasteiger partial charge on any atom is 0.228 e. The SMILES string of the molecule is Cc1nnc(NCCc2ncno2)c(C(N)=S)c1C. The minimum atomic E-state index is 0.302. The molecule has 2 aromatic rings. The highest BCUT2D eigenvalue weighted by Gasteiger charge is 2.13. The molecule has 0 aliphatic heterocycles. The van der Waals surface area contributed by atoms with Crippen molar-refractivity contribution in [2.45, 2.75) is 20.3 Å². The smallest absolute Gasteiger partial charge is 0.228 e. The minimum Gasteiger partial charge on any atom is -0.389 e. The van der Waals surface area contributed by atoms with Crippen LogP contribution in [0.2, 0.25) is 0 Å². The molecule has 2 heterocycles. The van der Waals surface area contributed by atoms with E-state index in [-0.39, 0.29) is 0 Å². The molecule has 0 aliphatic carbocycles. The van der Waals surface area contributed by atoms with E-state index in [4.69, 9.17) is 22.5 Å². The second kappa shape index (κ2) is 5.70. The van der Waals surface area contributed by atoms with Crippen molar-refractivity contribution < 1.29 is 4.52 Å². The van der Waals surface area contributed by atoms with E-state index < -0.39 is 0 Å². The first-order chi connectivity index (χ1) is 9.09. The Balaban J connectivity index is 2.11. The van der Waals surface area contributed by atoms with E-state index in [0.717, 1.165) is 16.8 Å². The van der Waals surface area contributed by atoms with Crippen LogP contribution in [0.5, 0.6) is 0 Å². The van der Waals surface area contributed by atoms with Gasteiger partial charge in [-0.3, -0.25) is 0 Å². The van der Waals surface area contributed by atoms with Gasteiger partial charge < -0.3 is 15.6 Å². The van der Waals surface area contributed by atoms with Crippen molar-refractivity contribution in [3.05, 3.63) is 29.0 Å². The fourth-order valence-corrected chi connectivity index (χ4v) is 1.88. The number of aromatic nitrogens is 4. The molecule has 0 saturated heterocycles. The fraction of sp³-hybridized carbons (Fsp3) is 0.364. The van der Waals surface area contributed by atoms with Gasteiger partial charge in [0.25, 0.3) is 0 Å². The Morgan fingerprint density at radius 3 is 2.84 bits per heavy atom. The molecule has 0 unspecified atom stereocenters. The molecular formula is C11H14N6OS. The number of thiocarbonyl (C=S) groups is 1.